The van der Waals surface area contributed by atoms with Gasteiger partial charge in [-0.05, 0) is 43.2 Å². The van der Waals surface area contributed by atoms with Crippen LogP contribution in [0.15, 0.2) is 18.3 Å². The predicted octanol–water partition coefficient (Wildman–Crippen LogP) is 2.89. The molecule has 0 radical (unpaired) electrons. The molecule has 0 unspecified atom stereocenters. The fourth-order valence-electron chi connectivity index (χ4n) is 4.65. The minimum Gasteiger partial charge on any atom is -0.493 e. The molecule has 0 spiro atoms. The molecular weight excluding hydrogens is 482 g/mol. The van der Waals surface area contributed by atoms with Crippen molar-refractivity contribution in [3.8, 4) is 18.6 Å². The van der Waals surface area contributed by atoms with Crippen molar-refractivity contribution in [2.45, 2.75) is 58.5 Å². The molecule has 4 heterocycles. The molecule has 38 heavy (non-hydrogen) atoms. The van der Waals surface area contributed by atoms with Gasteiger partial charge >= 0.3 is 0 Å². The van der Waals surface area contributed by atoms with Gasteiger partial charge in [0.15, 0.2) is 11.3 Å². The van der Waals surface area contributed by atoms with Gasteiger partial charge in [0.25, 0.3) is 0 Å². The second-order valence-electron chi connectivity index (χ2n) is 9.20. The van der Waals surface area contributed by atoms with Crippen molar-refractivity contribution in [3.05, 3.63) is 35.0 Å². The molecule has 0 saturated carbocycles. The first kappa shape index (κ1) is 29.2. The Balaban J connectivity index is 0.000000504. The van der Waals surface area contributed by atoms with Crippen molar-refractivity contribution in [1.82, 2.24) is 19.7 Å². The third-order valence-corrected chi connectivity index (χ3v) is 6.50. The summed E-state index contributed by atoms with van der Waals surface area (Å²) in [5, 5.41) is 14.3. The molecule has 10 heteroatoms. The van der Waals surface area contributed by atoms with Gasteiger partial charge in [0.1, 0.15) is 11.3 Å². The molecule has 0 bridgehead atoms. The number of aromatic nitrogens is 4. The van der Waals surface area contributed by atoms with E-state index < -0.39 is 0 Å². The first-order chi connectivity index (χ1) is 18.6. The SMILES string of the molecule is C#C.C1CCOC1.CCCCN(CCO)c1nc(N)nc2cn(Cc3ccc(CN)c4c3OCCC4)nc12. The number of nitrogens with zero attached hydrogens (tertiary/aromatic N) is 5. The number of ether oxygens (including phenoxy) is 2. The maximum Gasteiger partial charge on any atom is 0.222 e. The van der Waals surface area contributed by atoms with Crippen molar-refractivity contribution in [2.24, 2.45) is 5.73 Å². The molecule has 2 aliphatic rings. The van der Waals surface area contributed by atoms with Crippen LogP contribution in [0.4, 0.5) is 11.8 Å². The van der Waals surface area contributed by atoms with Crippen LogP contribution in [-0.4, -0.2) is 64.4 Å². The molecule has 10 nitrogen and oxygen atoms in total. The molecule has 1 aromatic carbocycles. The van der Waals surface area contributed by atoms with Crippen LogP contribution in [0, 0.1) is 12.8 Å². The molecule has 1 fully saturated rings. The summed E-state index contributed by atoms with van der Waals surface area (Å²) >= 11 is 0. The van der Waals surface area contributed by atoms with E-state index >= 15 is 0 Å². The van der Waals surface area contributed by atoms with Crippen LogP contribution in [0.5, 0.6) is 5.75 Å². The molecule has 206 valence electrons. The summed E-state index contributed by atoms with van der Waals surface area (Å²) in [6.45, 7) is 7.19. The van der Waals surface area contributed by atoms with E-state index in [4.69, 9.17) is 26.0 Å². The highest BCUT2D eigenvalue weighted by molar-refractivity contribution is 5.86. The second-order valence-corrected chi connectivity index (χ2v) is 9.20. The van der Waals surface area contributed by atoms with Gasteiger partial charge in [0, 0.05) is 38.4 Å². The zero-order chi connectivity index (χ0) is 27.3. The summed E-state index contributed by atoms with van der Waals surface area (Å²) in [5.41, 5.74) is 16.7. The summed E-state index contributed by atoms with van der Waals surface area (Å²) in [6.07, 6.45) is 16.5. The number of terminal acetylenes is 1. The monoisotopic (exact) mass is 523 g/mol. The Labute approximate surface area is 225 Å². The first-order valence-corrected chi connectivity index (χ1v) is 13.4. The van der Waals surface area contributed by atoms with Crippen LogP contribution >= 0.6 is 0 Å². The van der Waals surface area contributed by atoms with Crippen LogP contribution in [0.2, 0.25) is 0 Å². The van der Waals surface area contributed by atoms with E-state index in [2.05, 4.69) is 41.9 Å². The van der Waals surface area contributed by atoms with E-state index in [0.29, 0.717) is 36.5 Å². The summed E-state index contributed by atoms with van der Waals surface area (Å²) in [5.74, 6) is 1.81. The largest absolute Gasteiger partial charge is 0.493 e. The van der Waals surface area contributed by atoms with Crippen molar-refractivity contribution < 1.29 is 14.6 Å². The minimum atomic E-state index is 0.0345. The predicted molar refractivity (Wildman–Crippen MR) is 151 cm³/mol. The Morgan fingerprint density at radius 2 is 1.84 bits per heavy atom. The fraction of sp³-hybridized carbons (Fsp3) is 0.536. The number of fused-ring (bicyclic) bond motifs is 2. The average molecular weight is 524 g/mol. The number of benzene rings is 1. The van der Waals surface area contributed by atoms with Crippen molar-refractivity contribution in [1.29, 1.82) is 0 Å². The normalized spacial score (nSPS) is 14.0. The number of aliphatic hydroxyl groups excluding tert-OH is 1. The maximum absolute atomic E-state index is 9.53. The van der Waals surface area contributed by atoms with Gasteiger partial charge in [0.2, 0.25) is 5.95 Å². The summed E-state index contributed by atoms with van der Waals surface area (Å²) < 4.78 is 12.8. The zero-order valence-corrected chi connectivity index (χ0v) is 22.4. The summed E-state index contributed by atoms with van der Waals surface area (Å²) in [6, 6.07) is 4.15. The molecule has 0 atom stereocenters. The third kappa shape index (κ3) is 7.34. The van der Waals surface area contributed by atoms with Gasteiger partial charge in [-0.2, -0.15) is 10.1 Å². The van der Waals surface area contributed by atoms with E-state index in [1.165, 1.54) is 18.4 Å². The lowest BCUT2D eigenvalue weighted by atomic mass is 9.96. The molecule has 0 aliphatic carbocycles. The number of nitrogen functional groups attached to an aromatic ring is 1. The van der Waals surface area contributed by atoms with Crippen molar-refractivity contribution >= 4 is 22.8 Å². The van der Waals surface area contributed by atoms with E-state index in [1.54, 1.807) is 0 Å². The number of hydrogen-bond acceptors (Lipinski definition) is 9. The molecule has 5 N–H and O–H groups in total. The van der Waals surface area contributed by atoms with Crippen molar-refractivity contribution in [3.63, 3.8) is 0 Å². The van der Waals surface area contributed by atoms with Crippen LogP contribution in [-0.2, 0) is 24.2 Å². The van der Waals surface area contributed by atoms with E-state index in [0.717, 1.165) is 68.9 Å². The van der Waals surface area contributed by atoms with Gasteiger partial charge in [-0.25, -0.2) is 4.98 Å². The van der Waals surface area contributed by atoms with Gasteiger partial charge in [-0.15, -0.1) is 12.8 Å². The topological polar surface area (TPSA) is 138 Å². The first-order valence-electron chi connectivity index (χ1n) is 13.4. The molecule has 3 aromatic rings. The van der Waals surface area contributed by atoms with Gasteiger partial charge in [-0.1, -0.05) is 25.5 Å². The molecule has 2 aliphatic heterocycles. The van der Waals surface area contributed by atoms with Gasteiger partial charge in [-0.3, -0.25) is 4.68 Å². The van der Waals surface area contributed by atoms with E-state index in [9.17, 15) is 5.11 Å². The van der Waals surface area contributed by atoms with Crippen LogP contribution in [0.1, 0.15) is 55.7 Å². The van der Waals surface area contributed by atoms with Crippen molar-refractivity contribution in [2.75, 3.05) is 50.2 Å². The summed E-state index contributed by atoms with van der Waals surface area (Å²) in [7, 11) is 0. The highest BCUT2D eigenvalue weighted by Crippen LogP contribution is 2.33. The number of unbranched alkanes of at least 4 members (excludes halogenated alkanes) is 1. The third-order valence-electron chi connectivity index (χ3n) is 6.50. The Bertz CT molecular complexity index is 1170. The van der Waals surface area contributed by atoms with Gasteiger partial charge < -0.3 is 30.9 Å². The molecule has 5 rings (SSSR count). The Kier molecular flexibility index (Phi) is 11.6. The smallest absolute Gasteiger partial charge is 0.222 e. The average Bonchev–Trinajstić information content (AvgIpc) is 3.66. The molecule has 0 amide bonds. The number of anilines is 2. The van der Waals surface area contributed by atoms with E-state index in [1.807, 2.05) is 15.8 Å². The highest BCUT2D eigenvalue weighted by Gasteiger charge is 2.20. The Morgan fingerprint density at radius 3 is 2.50 bits per heavy atom. The lowest BCUT2D eigenvalue weighted by molar-refractivity contribution is 0.198. The van der Waals surface area contributed by atoms with Crippen LogP contribution in [0.3, 0.4) is 0 Å². The Morgan fingerprint density at radius 1 is 1.08 bits per heavy atom. The highest BCUT2D eigenvalue weighted by atomic mass is 16.5. The number of hydrogen-bond donors (Lipinski definition) is 3. The lowest BCUT2D eigenvalue weighted by Gasteiger charge is -2.23. The van der Waals surface area contributed by atoms with Crippen LogP contribution in [0.25, 0.3) is 11.0 Å². The van der Waals surface area contributed by atoms with E-state index in [-0.39, 0.29) is 12.6 Å². The van der Waals surface area contributed by atoms with Gasteiger partial charge in [0.05, 0.1) is 26.0 Å². The number of aliphatic hydroxyl groups is 1. The molecule has 1 saturated heterocycles. The summed E-state index contributed by atoms with van der Waals surface area (Å²) in [4.78, 5) is 10.9. The fourth-order valence-corrected chi connectivity index (χ4v) is 4.65. The quantitative estimate of drug-likeness (QED) is 0.361. The number of nitrogens with two attached hydrogens (primary N) is 2. The Hall–Kier alpha value is -3.39. The second kappa shape index (κ2) is 15.1. The molecular formula is C28H41N7O3. The van der Waals surface area contributed by atoms with Crippen LogP contribution < -0.4 is 21.1 Å². The minimum absolute atomic E-state index is 0.0345. The lowest BCUT2D eigenvalue weighted by Crippen LogP contribution is -2.29. The molecule has 2 aromatic heterocycles. The maximum atomic E-state index is 9.53. The standard InChI is InChI=1S/C22H31N7O2.C4H8O.C2H2/c1-2-3-8-28(9-10-30)21-19-18(25-22(24)26-21)14-29(27-19)13-16-7-6-15(12-23)17-5-4-11-31-20(16)17;1-2-4-5-3-1;1-2/h6-7,14,30H,2-5,8-13,23H2,1H3,(H2,24,25);1-4H2;1-2H. The zero-order valence-electron chi connectivity index (χ0n) is 22.4. The number of rotatable bonds is 9.